The molecule has 1 atom stereocenters. The standard InChI is InChI=1S/C13H17NO2S/c15-12(16)13(7-4-9-14-13)8-10-17-11-5-2-1-3-6-11/h1-3,5-6,14H,4,7-10H2,(H,15,16). The molecule has 1 aromatic rings. The van der Waals surface area contributed by atoms with Crippen molar-refractivity contribution >= 4 is 17.7 Å². The van der Waals surface area contributed by atoms with Gasteiger partial charge in [-0.25, -0.2) is 0 Å². The van der Waals surface area contributed by atoms with Gasteiger partial charge >= 0.3 is 5.97 Å². The van der Waals surface area contributed by atoms with E-state index in [-0.39, 0.29) is 0 Å². The Morgan fingerprint density at radius 1 is 1.41 bits per heavy atom. The van der Waals surface area contributed by atoms with E-state index in [1.165, 1.54) is 4.90 Å². The SMILES string of the molecule is O=C(O)C1(CCSc2ccccc2)CCCN1. The number of hydrogen-bond acceptors (Lipinski definition) is 3. The number of rotatable bonds is 5. The molecular formula is C13H17NO2S. The Morgan fingerprint density at radius 2 is 2.18 bits per heavy atom. The maximum absolute atomic E-state index is 11.3. The zero-order chi connectivity index (χ0) is 12.1. The fourth-order valence-electron chi connectivity index (χ4n) is 2.17. The molecule has 92 valence electrons. The van der Waals surface area contributed by atoms with Crippen LogP contribution in [0.4, 0.5) is 0 Å². The number of aliphatic carboxylic acids is 1. The van der Waals surface area contributed by atoms with Crippen molar-refractivity contribution < 1.29 is 9.90 Å². The quantitative estimate of drug-likeness (QED) is 0.789. The Morgan fingerprint density at radius 3 is 2.76 bits per heavy atom. The molecule has 0 aliphatic carbocycles. The molecule has 4 heteroatoms. The molecule has 0 amide bonds. The van der Waals surface area contributed by atoms with Crippen LogP contribution in [0.3, 0.4) is 0 Å². The molecule has 0 spiro atoms. The average Bonchev–Trinajstić information content (AvgIpc) is 2.80. The first-order valence-corrected chi connectivity index (χ1v) is 6.88. The van der Waals surface area contributed by atoms with Gasteiger partial charge in [0.15, 0.2) is 0 Å². The Hall–Kier alpha value is -1.00. The van der Waals surface area contributed by atoms with Gasteiger partial charge in [0.05, 0.1) is 0 Å². The molecule has 3 nitrogen and oxygen atoms in total. The zero-order valence-corrected chi connectivity index (χ0v) is 10.5. The number of hydrogen-bond donors (Lipinski definition) is 2. The van der Waals surface area contributed by atoms with Crippen LogP contribution in [0.15, 0.2) is 35.2 Å². The third-order valence-corrected chi connectivity index (χ3v) is 4.21. The van der Waals surface area contributed by atoms with Crippen LogP contribution in [-0.4, -0.2) is 28.9 Å². The van der Waals surface area contributed by atoms with Crippen molar-refractivity contribution in [2.45, 2.75) is 29.7 Å². The molecule has 0 aromatic heterocycles. The van der Waals surface area contributed by atoms with Crippen LogP contribution < -0.4 is 5.32 Å². The van der Waals surface area contributed by atoms with E-state index in [9.17, 15) is 9.90 Å². The molecule has 1 aliphatic rings. The van der Waals surface area contributed by atoms with E-state index in [2.05, 4.69) is 17.4 Å². The minimum atomic E-state index is -0.705. The van der Waals surface area contributed by atoms with E-state index < -0.39 is 11.5 Å². The Labute approximate surface area is 106 Å². The van der Waals surface area contributed by atoms with Gasteiger partial charge in [0, 0.05) is 10.6 Å². The Balaban J connectivity index is 1.87. The number of carboxylic acid groups (broad SMARTS) is 1. The smallest absolute Gasteiger partial charge is 0.323 e. The molecule has 1 saturated heterocycles. The summed E-state index contributed by atoms with van der Waals surface area (Å²) in [5.74, 6) is 0.132. The summed E-state index contributed by atoms with van der Waals surface area (Å²) in [5.41, 5.74) is -0.679. The van der Waals surface area contributed by atoms with Crippen LogP contribution in [-0.2, 0) is 4.79 Å². The van der Waals surface area contributed by atoms with Crippen molar-refractivity contribution in [3.8, 4) is 0 Å². The van der Waals surface area contributed by atoms with Crippen molar-refractivity contribution in [1.29, 1.82) is 0 Å². The molecule has 0 saturated carbocycles. The molecule has 0 radical (unpaired) electrons. The van der Waals surface area contributed by atoms with Gasteiger partial charge in [-0.05, 0) is 37.9 Å². The van der Waals surface area contributed by atoms with E-state index in [1.54, 1.807) is 11.8 Å². The first kappa shape index (κ1) is 12.5. The molecule has 17 heavy (non-hydrogen) atoms. The van der Waals surface area contributed by atoms with E-state index in [0.29, 0.717) is 6.42 Å². The lowest BCUT2D eigenvalue weighted by Crippen LogP contribution is -2.47. The third kappa shape index (κ3) is 3.01. The largest absolute Gasteiger partial charge is 0.480 e. The van der Waals surface area contributed by atoms with Gasteiger partial charge in [-0.3, -0.25) is 4.79 Å². The number of benzene rings is 1. The van der Waals surface area contributed by atoms with Crippen LogP contribution in [0.25, 0.3) is 0 Å². The lowest BCUT2D eigenvalue weighted by atomic mass is 9.95. The number of nitrogens with one attached hydrogen (secondary N) is 1. The Kier molecular flexibility index (Phi) is 4.07. The molecule has 1 fully saturated rings. The summed E-state index contributed by atoms with van der Waals surface area (Å²) in [6.45, 7) is 0.822. The molecule has 1 aromatic carbocycles. The second-order valence-corrected chi connectivity index (χ2v) is 5.50. The van der Waals surface area contributed by atoms with Gasteiger partial charge in [-0.1, -0.05) is 18.2 Å². The first-order valence-electron chi connectivity index (χ1n) is 5.89. The third-order valence-electron chi connectivity index (χ3n) is 3.19. The van der Waals surface area contributed by atoms with Crippen LogP contribution in [0.1, 0.15) is 19.3 Å². The van der Waals surface area contributed by atoms with Crippen molar-refractivity contribution in [1.82, 2.24) is 5.32 Å². The average molecular weight is 251 g/mol. The van der Waals surface area contributed by atoms with Gasteiger partial charge in [0.25, 0.3) is 0 Å². The van der Waals surface area contributed by atoms with E-state index in [0.717, 1.165) is 25.1 Å². The van der Waals surface area contributed by atoms with Gasteiger partial charge in [-0.15, -0.1) is 11.8 Å². The highest BCUT2D eigenvalue weighted by Gasteiger charge is 2.40. The highest BCUT2D eigenvalue weighted by atomic mass is 32.2. The summed E-state index contributed by atoms with van der Waals surface area (Å²) in [5, 5.41) is 12.4. The second kappa shape index (κ2) is 5.56. The summed E-state index contributed by atoms with van der Waals surface area (Å²) < 4.78 is 0. The van der Waals surface area contributed by atoms with Crippen LogP contribution in [0, 0.1) is 0 Å². The molecule has 0 bridgehead atoms. The summed E-state index contributed by atoms with van der Waals surface area (Å²) >= 11 is 1.72. The zero-order valence-electron chi connectivity index (χ0n) is 9.69. The molecule has 1 aliphatic heterocycles. The maximum atomic E-state index is 11.3. The van der Waals surface area contributed by atoms with Crippen molar-refractivity contribution in [2.24, 2.45) is 0 Å². The summed E-state index contributed by atoms with van der Waals surface area (Å²) in [6, 6.07) is 10.1. The van der Waals surface area contributed by atoms with Gasteiger partial charge in [-0.2, -0.15) is 0 Å². The number of carboxylic acids is 1. The highest BCUT2D eigenvalue weighted by Crippen LogP contribution is 2.27. The second-order valence-electron chi connectivity index (χ2n) is 4.33. The van der Waals surface area contributed by atoms with Crippen LogP contribution >= 0.6 is 11.8 Å². The van der Waals surface area contributed by atoms with Gasteiger partial charge in [0.2, 0.25) is 0 Å². The molecule has 1 heterocycles. The monoisotopic (exact) mass is 251 g/mol. The van der Waals surface area contributed by atoms with Crippen molar-refractivity contribution in [3.05, 3.63) is 30.3 Å². The topological polar surface area (TPSA) is 49.3 Å². The Bertz CT molecular complexity index is 374. The normalized spacial score (nSPS) is 23.8. The minimum Gasteiger partial charge on any atom is -0.480 e. The van der Waals surface area contributed by atoms with E-state index in [4.69, 9.17) is 0 Å². The fourth-order valence-corrected chi connectivity index (χ4v) is 3.20. The summed E-state index contributed by atoms with van der Waals surface area (Å²) in [4.78, 5) is 12.5. The number of thioether (sulfide) groups is 1. The first-order chi connectivity index (χ1) is 8.23. The predicted octanol–water partition coefficient (Wildman–Crippen LogP) is 2.38. The van der Waals surface area contributed by atoms with E-state index >= 15 is 0 Å². The van der Waals surface area contributed by atoms with Gasteiger partial charge < -0.3 is 10.4 Å². The molecular weight excluding hydrogens is 234 g/mol. The fraction of sp³-hybridized carbons (Fsp3) is 0.462. The maximum Gasteiger partial charge on any atom is 0.323 e. The van der Waals surface area contributed by atoms with E-state index in [1.807, 2.05) is 18.2 Å². The molecule has 1 unspecified atom stereocenters. The predicted molar refractivity (Wildman–Crippen MR) is 69.4 cm³/mol. The lowest BCUT2D eigenvalue weighted by molar-refractivity contribution is -0.144. The van der Waals surface area contributed by atoms with Crippen molar-refractivity contribution in [2.75, 3.05) is 12.3 Å². The van der Waals surface area contributed by atoms with Gasteiger partial charge in [0.1, 0.15) is 5.54 Å². The molecule has 2 N–H and O–H groups in total. The van der Waals surface area contributed by atoms with Crippen LogP contribution in [0.5, 0.6) is 0 Å². The minimum absolute atomic E-state index is 0.679. The lowest BCUT2D eigenvalue weighted by Gasteiger charge is -2.24. The number of carbonyl (C=O) groups is 1. The molecule has 2 rings (SSSR count). The summed E-state index contributed by atoms with van der Waals surface area (Å²) in [7, 11) is 0. The summed E-state index contributed by atoms with van der Waals surface area (Å²) in [6.07, 6.45) is 2.39. The van der Waals surface area contributed by atoms with Crippen molar-refractivity contribution in [3.63, 3.8) is 0 Å². The highest BCUT2D eigenvalue weighted by molar-refractivity contribution is 7.99. The van der Waals surface area contributed by atoms with Crippen LogP contribution in [0.2, 0.25) is 0 Å².